The Hall–Kier alpha value is -4.11. The number of amides is 1. The van der Waals surface area contributed by atoms with Crippen LogP contribution in [0.1, 0.15) is 29.5 Å². The van der Waals surface area contributed by atoms with Gasteiger partial charge in [0.25, 0.3) is 0 Å². The number of phenolic OH excluding ortho intramolecular Hbond substituents is 1. The van der Waals surface area contributed by atoms with Gasteiger partial charge in [-0.2, -0.15) is 27.8 Å². The van der Waals surface area contributed by atoms with Gasteiger partial charge in [-0.15, -0.1) is 0 Å². The molecule has 184 valence electrons. The fourth-order valence-electron chi connectivity index (χ4n) is 3.86. The average Bonchev–Trinajstić information content (AvgIpc) is 3.14. The van der Waals surface area contributed by atoms with Gasteiger partial charge in [0.2, 0.25) is 0 Å². The standard InChI is InChI=1S/C27H26N4O4S/c1-15-7-12-20(13-16(15)2)31-26(33)24(17(3)30-31)29-28-23-6-4-5-21(25(23)32)18-8-10-19(11-9-18)22(14-36)27(34)35/h4-13,22,28,32,36H,14H2,1-3H3,(H,34,35). The third-order valence-electron chi connectivity index (χ3n) is 6.15. The Kier molecular flexibility index (Phi) is 7.12. The van der Waals surface area contributed by atoms with Crippen LogP contribution >= 0.6 is 12.6 Å². The van der Waals surface area contributed by atoms with Crippen molar-refractivity contribution in [3.8, 4) is 16.9 Å². The first-order valence-corrected chi connectivity index (χ1v) is 11.9. The fourth-order valence-corrected chi connectivity index (χ4v) is 4.23. The summed E-state index contributed by atoms with van der Waals surface area (Å²) in [6.45, 7) is 5.67. The van der Waals surface area contributed by atoms with Gasteiger partial charge in [-0.25, -0.2) is 0 Å². The normalized spacial score (nSPS) is 15.2. The van der Waals surface area contributed by atoms with Crippen molar-refractivity contribution >= 4 is 47.3 Å². The number of phenols is 1. The molecule has 36 heavy (non-hydrogen) atoms. The number of para-hydroxylation sites is 1. The molecule has 0 fully saturated rings. The van der Waals surface area contributed by atoms with Crippen LogP contribution in [0.4, 0.5) is 11.4 Å². The summed E-state index contributed by atoms with van der Waals surface area (Å²) in [7, 11) is 0. The summed E-state index contributed by atoms with van der Waals surface area (Å²) in [5.74, 6) is -1.89. The second kappa shape index (κ2) is 10.2. The number of aromatic hydroxyl groups is 1. The number of hydrogen-bond donors (Lipinski definition) is 4. The van der Waals surface area contributed by atoms with E-state index in [9.17, 15) is 19.8 Å². The summed E-state index contributed by atoms with van der Waals surface area (Å²) in [6, 6.07) is 17.7. The number of nitrogens with one attached hydrogen (secondary N) is 1. The first-order valence-electron chi connectivity index (χ1n) is 11.3. The van der Waals surface area contributed by atoms with Crippen molar-refractivity contribution in [3.63, 3.8) is 0 Å². The maximum Gasteiger partial charge on any atom is 0.311 e. The molecule has 1 unspecified atom stereocenters. The predicted octanol–water partition coefficient (Wildman–Crippen LogP) is 4.96. The van der Waals surface area contributed by atoms with E-state index in [2.05, 4.69) is 28.3 Å². The number of hydrazone groups is 2. The highest BCUT2D eigenvalue weighted by atomic mass is 32.1. The summed E-state index contributed by atoms with van der Waals surface area (Å²) >= 11 is 4.12. The molecule has 1 aliphatic heterocycles. The van der Waals surface area contributed by atoms with Gasteiger partial charge >= 0.3 is 11.9 Å². The molecular weight excluding hydrogens is 476 g/mol. The van der Waals surface area contributed by atoms with Crippen LogP contribution in [-0.2, 0) is 9.59 Å². The van der Waals surface area contributed by atoms with Crippen molar-refractivity contribution in [1.29, 1.82) is 0 Å². The third-order valence-corrected chi connectivity index (χ3v) is 6.52. The maximum atomic E-state index is 13.0. The van der Waals surface area contributed by atoms with Crippen LogP contribution in [0.2, 0.25) is 0 Å². The van der Waals surface area contributed by atoms with E-state index in [1.54, 1.807) is 49.4 Å². The average molecular weight is 503 g/mol. The molecule has 0 saturated heterocycles. The lowest BCUT2D eigenvalue weighted by Crippen LogP contribution is -2.28. The number of nitrogens with zero attached hydrogens (tertiary/aromatic N) is 3. The van der Waals surface area contributed by atoms with Crippen LogP contribution in [0.25, 0.3) is 11.1 Å². The van der Waals surface area contributed by atoms with Gasteiger partial charge in [-0.05, 0) is 61.2 Å². The van der Waals surface area contributed by atoms with Crippen molar-refractivity contribution in [2.75, 3.05) is 16.2 Å². The van der Waals surface area contributed by atoms with E-state index in [-0.39, 0.29) is 23.1 Å². The van der Waals surface area contributed by atoms with E-state index in [1.807, 2.05) is 32.0 Å². The van der Waals surface area contributed by atoms with Crippen LogP contribution in [-0.4, -0.2) is 39.3 Å². The minimum Gasteiger partial charge on any atom is -0.505 e. The van der Waals surface area contributed by atoms with Crippen LogP contribution in [0.5, 0.6) is 5.75 Å². The first kappa shape index (κ1) is 25.0. The van der Waals surface area contributed by atoms with Crippen LogP contribution in [0.15, 0.2) is 70.9 Å². The number of carboxylic acid groups (broad SMARTS) is 1. The summed E-state index contributed by atoms with van der Waals surface area (Å²) in [4.78, 5) is 24.4. The minimum atomic E-state index is -0.942. The molecule has 1 amide bonds. The minimum absolute atomic E-state index is 0.0513. The SMILES string of the molecule is CC1=NN(c2ccc(C)c(C)c2)C(=O)C1=NNc1cccc(-c2ccc(C(CS)C(=O)O)cc2)c1O. The maximum absolute atomic E-state index is 13.0. The van der Waals surface area contributed by atoms with E-state index in [1.165, 1.54) is 5.01 Å². The van der Waals surface area contributed by atoms with E-state index in [0.29, 0.717) is 33.8 Å². The van der Waals surface area contributed by atoms with E-state index in [4.69, 9.17) is 0 Å². The highest BCUT2D eigenvalue weighted by molar-refractivity contribution is 7.80. The lowest BCUT2D eigenvalue weighted by Gasteiger charge is -2.13. The second-order valence-electron chi connectivity index (χ2n) is 8.54. The Bertz CT molecular complexity index is 1400. The number of thiol groups is 1. The predicted molar refractivity (Wildman–Crippen MR) is 145 cm³/mol. The van der Waals surface area contributed by atoms with Gasteiger partial charge < -0.3 is 10.2 Å². The number of carbonyl (C=O) groups excluding carboxylic acids is 1. The number of aliphatic carboxylic acids is 1. The molecule has 0 spiro atoms. The lowest BCUT2D eigenvalue weighted by molar-refractivity contribution is -0.138. The number of carboxylic acids is 1. The molecule has 0 saturated carbocycles. The first-order chi connectivity index (χ1) is 17.2. The molecule has 0 aromatic heterocycles. The topological polar surface area (TPSA) is 115 Å². The van der Waals surface area contributed by atoms with Crippen LogP contribution < -0.4 is 10.4 Å². The van der Waals surface area contributed by atoms with Crippen molar-refractivity contribution in [2.24, 2.45) is 10.2 Å². The molecule has 1 atom stereocenters. The van der Waals surface area contributed by atoms with Crippen molar-refractivity contribution < 1.29 is 19.8 Å². The highest BCUT2D eigenvalue weighted by Crippen LogP contribution is 2.36. The van der Waals surface area contributed by atoms with Gasteiger partial charge in [0, 0.05) is 11.3 Å². The van der Waals surface area contributed by atoms with Crippen molar-refractivity contribution in [3.05, 3.63) is 77.4 Å². The third kappa shape index (κ3) is 4.83. The molecule has 3 N–H and O–H groups in total. The Morgan fingerprint density at radius 3 is 2.44 bits per heavy atom. The summed E-state index contributed by atoms with van der Waals surface area (Å²) < 4.78 is 0. The van der Waals surface area contributed by atoms with Gasteiger partial charge in [0.1, 0.15) is 5.75 Å². The summed E-state index contributed by atoms with van der Waals surface area (Å²) in [6.07, 6.45) is 0. The number of carbonyl (C=O) groups is 2. The van der Waals surface area contributed by atoms with Gasteiger partial charge in [0.05, 0.1) is 23.0 Å². The molecule has 0 radical (unpaired) electrons. The van der Waals surface area contributed by atoms with Crippen molar-refractivity contribution in [1.82, 2.24) is 0 Å². The molecular formula is C27H26N4O4S. The monoisotopic (exact) mass is 502 g/mol. The molecule has 0 bridgehead atoms. The Morgan fingerprint density at radius 1 is 1.08 bits per heavy atom. The van der Waals surface area contributed by atoms with Crippen molar-refractivity contribution in [2.45, 2.75) is 26.7 Å². The molecule has 0 aliphatic carbocycles. The zero-order chi connectivity index (χ0) is 26.0. The molecule has 1 heterocycles. The van der Waals surface area contributed by atoms with E-state index in [0.717, 1.165) is 11.1 Å². The Balaban J connectivity index is 1.56. The van der Waals surface area contributed by atoms with Gasteiger partial charge in [0.15, 0.2) is 5.71 Å². The largest absolute Gasteiger partial charge is 0.505 e. The Labute approximate surface area is 214 Å². The molecule has 9 heteroatoms. The fraction of sp³-hybridized carbons (Fsp3) is 0.185. The number of benzene rings is 3. The number of aryl methyl sites for hydroxylation is 2. The lowest BCUT2D eigenvalue weighted by atomic mass is 9.97. The summed E-state index contributed by atoms with van der Waals surface area (Å²) in [5, 5.41) is 30.1. The number of rotatable bonds is 7. The summed E-state index contributed by atoms with van der Waals surface area (Å²) in [5.41, 5.74) is 8.40. The van der Waals surface area contributed by atoms with E-state index >= 15 is 0 Å². The number of anilines is 2. The zero-order valence-electron chi connectivity index (χ0n) is 20.1. The second-order valence-corrected chi connectivity index (χ2v) is 8.91. The molecule has 3 aromatic rings. The smallest absolute Gasteiger partial charge is 0.311 e. The molecule has 8 nitrogen and oxygen atoms in total. The quantitative estimate of drug-likeness (QED) is 0.207. The van der Waals surface area contributed by atoms with E-state index < -0.39 is 11.9 Å². The molecule has 4 rings (SSSR count). The van der Waals surface area contributed by atoms with Crippen LogP contribution in [0.3, 0.4) is 0 Å². The Morgan fingerprint density at radius 2 is 1.81 bits per heavy atom. The molecule has 3 aromatic carbocycles. The highest BCUT2D eigenvalue weighted by Gasteiger charge is 2.31. The number of hydrogen-bond acceptors (Lipinski definition) is 7. The zero-order valence-corrected chi connectivity index (χ0v) is 21.0. The van der Waals surface area contributed by atoms with Crippen LogP contribution in [0, 0.1) is 13.8 Å². The van der Waals surface area contributed by atoms with Gasteiger partial charge in [-0.1, -0.05) is 42.5 Å². The van der Waals surface area contributed by atoms with Gasteiger partial charge in [-0.3, -0.25) is 15.0 Å². The molecule has 1 aliphatic rings.